The standard InChI is InChI=1S/C29H34O6SSi/c1-22-15-17-25(18-16-22)36(31,32)33-21-24-19-23(20-28(30)34-24)35-37(29(2,3)4,26-11-7-5-8-12-26)27-13-9-6-10-14-27/h5-18,23-24H,19-21H2,1-4H3/t23-,24+/m1/s1. The minimum Gasteiger partial charge on any atom is -0.460 e. The Morgan fingerprint density at radius 2 is 1.43 bits per heavy atom. The molecule has 1 aliphatic rings. The van der Waals surface area contributed by atoms with Gasteiger partial charge in [-0.25, -0.2) is 0 Å². The minimum atomic E-state index is -3.98. The summed E-state index contributed by atoms with van der Waals surface area (Å²) in [5.74, 6) is -0.421. The summed E-state index contributed by atoms with van der Waals surface area (Å²) in [7, 11) is -6.86. The van der Waals surface area contributed by atoms with Crippen molar-refractivity contribution in [3.05, 3.63) is 90.5 Å². The van der Waals surface area contributed by atoms with Crippen LogP contribution in [0, 0.1) is 6.92 Å². The van der Waals surface area contributed by atoms with Crippen LogP contribution >= 0.6 is 0 Å². The SMILES string of the molecule is Cc1ccc(S(=O)(=O)OC[C@@H]2C[C@@H](O[Si](c3ccccc3)(c3ccccc3)C(C)(C)C)CC(=O)O2)cc1. The Morgan fingerprint density at radius 3 is 1.95 bits per heavy atom. The first-order valence-corrected chi connectivity index (χ1v) is 15.8. The van der Waals surface area contributed by atoms with Crippen LogP contribution in [0.25, 0.3) is 0 Å². The summed E-state index contributed by atoms with van der Waals surface area (Å²) in [6.07, 6.45) is -0.723. The summed E-state index contributed by atoms with van der Waals surface area (Å²) < 4.78 is 43.3. The quantitative estimate of drug-likeness (QED) is 0.241. The third-order valence-corrected chi connectivity index (χ3v) is 13.1. The van der Waals surface area contributed by atoms with Gasteiger partial charge in [-0.3, -0.25) is 8.98 Å². The van der Waals surface area contributed by atoms with Crippen molar-refractivity contribution in [1.82, 2.24) is 0 Å². The van der Waals surface area contributed by atoms with Gasteiger partial charge in [-0.1, -0.05) is 99.1 Å². The van der Waals surface area contributed by atoms with Gasteiger partial charge < -0.3 is 9.16 Å². The first kappa shape index (κ1) is 27.3. The predicted octanol–water partition coefficient (Wildman–Crippen LogP) is 4.35. The van der Waals surface area contributed by atoms with Crippen molar-refractivity contribution < 1.29 is 26.6 Å². The van der Waals surface area contributed by atoms with Crippen molar-refractivity contribution >= 4 is 34.8 Å². The van der Waals surface area contributed by atoms with Crippen LogP contribution in [-0.4, -0.2) is 41.5 Å². The molecule has 0 unspecified atom stereocenters. The van der Waals surface area contributed by atoms with E-state index < -0.39 is 36.6 Å². The van der Waals surface area contributed by atoms with Gasteiger partial charge in [0.25, 0.3) is 18.4 Å². The predicted molar refractivity (Wildman–Crippen MR) is 146 cm³/mol. The van der Waals surface area contributed by atoms with Gasteiger partial charge in [-0.05, 0) is 34.5 Å². The zero-order chi connectivity index (χ0) is 26.7. The molecule has 37 heavy (non-hydrogen) atoms. The Hall–Kier alpha value is -2.78. The van der Waals surface area contributed by atoms with Crippen LogP contribution in [0.5, 0.6) is 0 Å². The van der Waals surface area contributed by atoms with Gasteiger partial charge in [0.2, 0.25) is 0 Å². The molecular formula is C29H34O6SSi. The highest BCUT2D eigenvalue weighted by Gasteiger charge is 2.52. The number of ether oxygens (including phenoxy) is 1. The second kappa shape index (κ2) is 10.9. The van der Waals surface area contributed by atoms with Crippen molar-refractivity contribution in [2.24, 2.45) is 0 Å². The molecule has 0 saturated carbocycles. The van der Waals surface area contributed by atoms with Crippen molar-refractivity contribution in [2.75, 3.05) is 6.61 Å². The van der Waals surface area contributed by atoms with Gasteiger partial charge in [0, 0.05) is 6.42 Å². The molecule has 1 fully saturated rings. The molecular weight excluding hydrogens is 504 g/mol. The Bertz CT molecular complexity index is 1260. The lowest BCUT2D eigenvalue weighted by molar-refractivity contribution is -0.161. The van der Waals surface area contributed by atoms with Crippen molar-refractivity contribution in [2.45, 2.75) is 62.7 Å². The van der Waals surface area contributed by atoms with E-state index in [0.717, 1.165) is 15.9 Å². The number of benzene rings is 3. The molecule has 196 valence electrons. The van der Waals surface area contributed by atoms with Crippen LogP contribution in [0.4, 0.5) is 0 Å². The van der Waals surface area contributed by atoms with Crippen LogP contribution in [0.2, 0.25) is 5.04 Å². The van der Waals surface area contributed by atoms with Gasteiger partial charge in [0.1, 0.15) is 12.7 Å². The maximum atomic E-state index is 12.7. The molecule has 0 radical (unpaired) electrons. The Balaban J connectivity index is 1.60. The fourth-order valence-electron chi connectivity index (χ4n) is 4.92. The van der Waals surface area contributed by atoms with E-state index in [-0.39, 0.29) is 23.0 Å². The summed E-state index contributed by atoms with van der Waals surface area (Å²) in [6.45, 7) is 8.15. The van der Waals surface area contributed by atoms with E-state index in [1.54, 1.807) is 12.1 Å². The third-order valence-electron chi connectivity index (χ3n) is 6.70. The van der Waals surface area contributed by atoms with Gasteiger partial charge in [0.05, 0.1) is 17.4 Å². The first-order chi connectivity index (χ1) is 17.5. The molecule has 0 spiro atoms. The highest BCUT2D eigenvalue weighted by Crippen LogP contribution is 2.39. The van der Waals surface area contributed by atoms with Crippen LogP contribution in [0.1, 0.15) is 39.2 Å². The summed E-state index contributed by atoms with van der Waals surface area (Å²) in [6, 6.07) is 26.8. The molecule has 1 aliphatic heterocycles. The molecule has 6 nitrogen and oxygen atoms in total. The molecule has 2 atom stereocenters. The third kappa shape index (κ3) is 6.04. The number of esters is 1. The Kier molecular flexibility index (Phi) is 8.04. The largest absolute Gasteiger partial charge is 0.460 e. The van der Waals surface area contributed by atoms with Crippen molar-refractivity contribution in [3.8, 4) is 0 Å². The maximum absolute atomic E-state index is 12.7. The van der Waals surface area contributed by atoms with E-state index in [0.29, 0.717) is 6.42 Å². The average molecular weight is 539 g/mol. The topological polar surface area (TPSA) is 78.9 Å². The van der Waals surface area contributed by atoms with Crippen LogP contribution < -0.4 is 10.4 Å². The maximum Gasteiger partial charge on any atom is 0.308 e. The lowest BCUT2D eigenvalue weighted by atomic mass is 10.1. The van der Waals surface area contributed by atoms with Crippen LogP contribution in [0.3, 0.4) is 0 Å². The fraction of sp³-hybridized carbons (Fsp3) is 0.345. The molecule has 0 aromatic heterocycles. The van der Waals surface area contributed by atoms with Crippen LogP contribution in [-0.2, 0) is 28.3 Å². The highest BCUT2D eigenvalue weighted by atomic mass is 32.2. The number of hydrogen-bond acceptors (Lipinski definition) is 6. The number of aryl methyl sites for hydroxylation is 1. The second-order valence-corrected chi connectivity index (χ2v) is 16.4. The molecule has 0 aliphatic carbocycles. The zero-order valence-electron chi connectivity index (χ0n) is 21.7. The number of carbonyl (C=O) groups excluding carboxylic acids is 1. The number of rotatable bonds is 8. The minimum absolute atomic E-state index is 0.0698. The lowest BCUT2D eigenvalue weighted by Gasteiger charge is -2.46. The van der Waals surface area contributed by atoms with Crippen LogP contribution in [0.15, 0.2) is 89.8 Å². The summed E-state index contributed by atoms with van der Waals surface area (Å²) in [5.41, 5.74) is 0.948. The smallest absolute Gasteiger partial charge is 0.308 e. The monoisotopic (exact) mass is 538 g/mol. The van der Waals surface area contributed by atoms with E-state index >= 15 is 0 Å². The van der Waals surface area contributed by atoms with Gasteiger partial charge in [-0.15, -0.1) is 0 Å². The van der Waals surface area contributed by atoms with E-state index in [1.807, 2.05) is 43.3 Å². The molecule has 0 N–H and O–H groups in total. The second-order valence-electron chi connectivity index (χ2n) is 10.5. The van der Waals surface area contributed by atoms with Gasteiger partial charge >= 0.3 is 5.97 Å². The molecule has 0 amide bonds. The highest BCUT2D eigenvalue weighted by molar-refractivity contribution is 7.86. The number of carbonyl (C=O) groups is 1. The summed E-state index contributed by atoms with van der Waals surface area (Å²) in [5, 5.41) is 1.97. The summed E-state index contributed by atoms with van der Waals surface area (Å²) >= 11 is 0. The molecule has 0 bridgehead atoms. The van der Waals surface area contributed by atoms with Crippen molar-refractivity contribution in [3.63, 3.8) is 0 Å². The molecule has 1 saturated heterocycles. The van der Waals surface area contributed by atoms with Crippen molar-refractivity contribution in [1.29, 1.82) is 0 Å². The fourth-order valence-corrected chi connectivity index (χ4v) is 10.5. The zero-order valence-corrected chi connectivity index (χ0v) is 23.5. The first-order valence-electron chi connectivity index (χ1n) is 12.5. The Labute approximate surface area is 220 Å². The number of hydrogen-bond donors (Lipinski definition) is 0. The Morgan fingerprint density at radius 1 is 0.892 bits per heavy atom. The molecule has 3 aromatic rings. The van der Waals surface area contributed by atoms with E-state index in [2.05, 4.69) is 45.0 Å². The average Bonchev–Trinajstić information content (AvgIpc) is 2.86. The number of cyclic esters (lactones) is 1. The molecule has 3 aromatic carbocycles. The van der Waals surface area contributed by atoms with E-state index in [9.17, 15) is 13.2 Å². The molecule has 4 rings (SSSR count). The molecule has 8 heteroatoms. The molecule has 1 heterocycles. The normalized spacial score (nSPS) is 18.9. The van der Waals surface area contributed by atoms with E-state index in [1.165, 1.54) is 12.1 Å². The summed E-state index contributed by atoms with van der Waals surface area (Å²) in [4.78, 5) is 12.7. The lowest BCUT2D eigenvalue weighted by Crippen LogP contribution is -2.68. The van der Waals surface area contributed by atoms with Gasteiger partial charge in [-0.2, -0.15) is 8.42 Å². The van der Waals surface area contributed by atoms with E-state index in [4.69, 9.17) is 13.3 Å². The van der Waals surface area contributed by atoms with Gasteiger partial charge in [0.15, 0.2) is 0 Å².